The Balaban J connectivity index is 1.79. The van der Waals surface area contributed by atoms with Gasteiger partial charge in [0.25, 0.3) is 0 Å². The Morgan fingerprint density at radius 2 is 1.78 bits per heavy atom. The monoisotopic (exact) mass is 464 g/mol. The van der Waals surface area contributed by atoms with E-state index < -0.39 is 33.6 Å². The molecule has 32 heavy (non-hydrogen) atoms. The number of benzene rings is 2. The Morgan fingerprint density at radius 3 is 2.38 bits per heavy atom. The number of nitrogens with zero attached hydrogens (tertiary/aromatic N) is 4. The van der Waals surface area contributed by atoms with Crippen LogP contribution in [0.4, 0.5) is 14.5 Å². The maximum Gasteiger partial charge on any atom is 0.246 e. The maximum atomic E-state index is 13.7. The molecular weight excluding hydrogens is 442 g/mol. The maximum absolute atomic E-state index is 13.7. The standard InChI is InChI=1S/C21H22F2N4O4S/c1-13-5-7-15(8-6-13)20-24-19(31-25-20)12-26(3)21(28)14(2)27(32(4,29)30)16-9-10-17(22)18(23)11-16/h5-11,14H,12H2,1-4H3/t14-/m0/s1. The minimum Gasteiger partial charge on any atom is -0.337 e. The first-order valence-corrected chi connectivity index (χ1v) is 11.4. The fourth-order valence-corrected chi connectivity index (χ4v) is 4.32. The van der Waals surface area contributed by atoms with Crippen molar-refractivity contribution >= 4 is 21.6 Å². The van der Waals surface area contributed by atoms with E-state index in [2.05, 4.69) is 10.1 Å². The average Bonchev–Trinajstić information content (AvgIpc) is 3.18. The van der Waals surface area contributed by atoms with E-state index in [1.807, 2.05) is 31.2 Å². The van der Waals surface area contributed by atoms with Crippen LogP contribution in [0, 0.1) is 18.6 Å². The van der Waals surface area contributed by atoms with Crippen molar-refractivity contribution < 1.29 is 26.5 Å². The van der Waals surface area contributed by atoms with Crippen LogP contribution in [0.1, 0.15) is 18.4 Å². The number of hydrogen-bond donors (Lipinski definition) is 0. The first-order chi connectivity index (χ1) is 15.0. The summed E-state index contributed by atoms with van der Waals surface area (Å²) >= 11 is 0. The fourth-order valence-electron chi connectivity index (χ4n) is 3.16. The summed E-state index contributed by atoms with van der Waals surface area (Å²) in [5, 5.41) is 3.91. The van der Waals surface area contributed by atoms with Crippen molar-refractivity contribution in [1.29, 1.82) is 0 Å². The summed E-state index contributed by atoms with van der Waals surface area (Å²) in [7, 11) is -2.54. The molecule has 0 aliphatic rings. The number of amides is 1. The van der Waals surface area contributed by atoms with Crippen LogP contribution in [-0.2, 0) is 21.4 Å². The molecule has 0 aliphatic carbocycles. The van der Waals surface area contributed by atoms with Gasteiger partial charge in [-0.15, -0.1) is 0 Å². The van der Waals surface area contributed by atoms with E-state index in [0.29, 0.717) is 5.82 Å². The highest BCUT2D eigenvalue weighted by Crippen LogP contribution is 2.24. The smallest absolute Gasteiger partial charge is 0.246 e. The number of anilines is 1. The number of hydrogen-bond acceptors (Lipinski definition) is 6. The number of halogens is 2. The van der Waals surface area contributed by atoms with Crippen molar-refractivity contribution in [2.75, 3.05) is 17.6 Å². The summed E-state index contributed by atoms with van der Waals surface area (Å²) in [6.07, 6.45) is 0.879. The number of sulfonamides is 1. The molecule has 1 aromatic heterocycles. The SMILES string of the molecule is Cc1ccc(-c2noc(CN(C)C(=O)[C@H](C)N(c3ccc(F)c(F)c3)S(C)(=O)=O)n2)cc1. The van der Waals surface area contributed by atoms with Crippen LogP contribution in [0.25, 0.3) is 11.4 Å². The molecule has 0 radical (unpaired) electrons. The number of likely N-dealkylation sites (N-methyl/N-ethyl adjacent to an activating group) is 1. The first kappa shape index (κ1) is 23.3. The molecule has 0 saturated heterocycles. The molecule has 0 saturated carbocycles. The molecule has 0 fully saturated rings. The molecule has 170 valence electrons. The van der Waals surface area contributed by atoms with Gasteiger partial charge in [0.2, 0.25) is 27.6 Å². The predicted molar refractivity (Wildman–Crippen MR) is 114 cm³/mol. The van der Waals surface area contributed by atoms with Gasteiger partial charge >= 0.3 is 0 Å². The van der Waals surface area contributed by atoms with E-state index in [4.69, 9.17) is 4.52 Å². The number of rotatable bonds is 7. The highest BCUT2D eigenvalue weighted by Gasteiger charge is 2.32. The zero-order valence-electron chi connectivity index (χ0n) is 17.9. The lowest BCUT2D eigenvalue weighted by Crippen LogP contribution is -2.48. The van der Waals surface area contributed by atoms with Gasteiger partial charge in [0, 0.05) is 18.7 Å². The first-order valence-electron chi connectivity index (χ1n) is 9.56. The molecule has 0 bridgehead atoms. The van der Waals surface area contributed by atoms with Crippen molar-refractivity contribution in [2.24, 2.45) is 0 Å². The number of aryl methyl sites for hydroxylation is 1. The third-order valence-corrected chi connectivity index (χ3v) is 5.99. The van der Waals surface area contributed by atoms with Gasteiger partial charge in [-0.25, -0.2) is 17.2 Å². The molecular formula is C21H22F2N4O4S. The molecule has 1 atom stereocenters. The molecule has 2 aromatic carbocycles. The molecule has 0 spiro atoms. The van der Waals surface area contributed by atoms with Crippen LogP contribution in [-0.4, -0.2) is 48.7 Å². The quantitative estimate of drug-likeness (QED) is 0.533. The normalized spacial score (nSPS) is 12.4. The van der Waals surface area contributed by atoms with E-state index in [1.165, 1.54) is 18.9 Å². The summed E-state index contributed by atoms with van der Waals surface area (Å²) < 4.78 is 57.6. The zero-order chi connectivity index (χ0) is 23.6. The van der Waals surface area contributed by atoms with Crippen LogP contribution in [0.3, 0.4) is 0 Å². The van der Waals surface area contributed by atoms with E-state index in [0.717, 1.165) is 39.9 Å². The molecule has 3 rings (SSSR count). The number of aromatic nitrogens is 2. The number of carbonyl (C=O) groups is 1. The van der Waals surface area contributed by atoms with E-state index in [-0.39, 0.29) is 18.1 Å². The van der Waals surface area contributed by atoms with E-state index in [1.54, 1.807) is 0 Å². The molecule has 0 unspecified atom stereocenters. The van der Waals surface area contributed by atoms with Crippen LogP contribution in [0.5, 0.6) is 0 Å². The lowest BCUT2D eigenvalue weighted by molar-refractivity contribution is -0.131. The summed E-state index contributed by atoms with van der Waals surface area (Å²) in [4.78, 5) is 18.4. The molecule has 3 aromatic rings. The lowest BCUT2D eigenvalue weighted by Gasteiger charge is -2.30. The Hall–Kier alpha value is -3.34. The lowest BCUT2D eigenvalue weighted by atomic mass is 10.1. The van der Waals surface area contributed by atoms with Crippen LogP contribution < -0.4 is 4.31 Å². The topological polar surface area (TPSA) is 96.6 Å². The van der Waals surface area contributed by atoms with Gasteiger partial charge in [0.15, 0.2) is 11.6 Å². The van der Waals surface area contributed by atoms with Crippen LogP contribution in [0.2, 0.25) is 0 Å². The van der Waals surface area contributed by atoms with Gasteiger partial charge in [-0.1, -0.05) is 35.0 Å². The summed E-state index contributed by atoms with van der Waals surface area (Å²) in [6.45, 7) is 3.23. The molecule has 1 amide bonds. The minimum atomic E-state index is -3.99. The van der Waals surface area contributed by atoms with Crippen molar-refractivity contribution in [2.45, 2.75) is 26.4 Å². The van der Waals surface area contributed by atoms with Crippen molar-refractivity contribution in [1.82, 2.24) is 15.0 Å². The Kier molecular flexibility index (Phi) is 6.58. The van der Waals surface area contributed by atoms with Gasteiger partial charge in [0.05, 0.1) is 18.5 Å². The van der Waals surface area contributed by atoms with Gasteiger partial charge < -0.3 is 9.42 Å². The van der Waals surface area contributed by atoms with Gasteiger partial charge in [-0.3, -0.25) is 9.10 Å². The molecule has 8 nitrogen and oxygen atoms in total. The third-order valence-electron chi connectivity index (χ3n) is 4.75. The summed E-state index contributed by atoms with van der Waals surface area (Å²) in [5.74, 6) is -2.44. The predicted octanol–water partition coefficient (Wildman–Crippen LogP) is 3.14. The Bertz CT molecular complexity index is 1230. The highest BCUT2D eigenvalue weighted by atomic mass is 32.2. The van der Waals surface area contributed by atoms with Gasteiger partial charge in [-0.05, 0) is 26.0 Å². The second-order valence-corrected chi connectivity index (χ2v) is 9.26. The molecule has 0 aliphatic heterocycles. The minimum absolute atomic E-state index is 0.0720. The average molecular weight is 464 g/mol. The van der Waals surface area contributed by atoms with Crippen molar-refractivity contribution in [3.8, 4) is 11.4 Å². The third kappa shape index (κ3) is 5.10. The largest absolute Gasteiger partial charge is 0.337 e. The summed E-state index contributed by atoms with van der Waals surface area (Å²) in [6, 6.07) is 8.87. The highest BCUT2D eigenvalue weighted by molar-refractivity contribution is 7.92. The Labute approximate surface area is 184 Å². The second kappa shape index (κ2) is 9.03. The number of carbonyl (C=O) groups excluding carboxylic acids is 1. The second-order valence-electron chi connectivity index (χ2n) is 7.41. The molecule has 1 heterocycles. The van der Waals surface area contributed by atoms with Gasteiger partial charge in [-0.2, -0.15) is 4.98 Å². The summed E-state index contributed by atoms with van der Waals surface area (Å²) in [5.41, 5.74) is 1.66. The van der Waals surface area contributed by atoms with Crippen molar-refractivity contribution in [3.05, 3.63) is 65.6 Å². The zero-order valence-corrected chi connectivity index (χ0v) is 18.7. The molecule has 11 heteroatoms. The fraction of sp³-hybridized carbons (Fsp3) is 0.286. The van der Waals surface area contributed by atoms with E-state index >= 15 is 0 Å². The van der Waals surface area contributed by atoms with Crippen LogP contribution >= 0.6 is 0 Å². The van der Waals surface area contributed by atoms with Gasteiger partial charge in [0.1, 0.15) is 6.04 Å². The Morgan fingerprint density at radius 1 is 1.12 bits per heavy atom. The molecule has 0 N–H and O–H groups in total. The van der Waals surface area contributed by atoms with Crippen LogP contribution in [0.15, 0.2) is 47.0 Å². The van der Waals surface area contributed by atoms with E-state index in [9.17, 15) is 22.0 Å². The van der Waals surface area contributed by atoms with Crippen molar-refractivity contribution in [3.63, 3.8) is 0 Å².